The molecule has 0 amide bonds. The average Bonchev–Trinajstić information content (AvgIpc) is 2.26. The van der Waals surface area contributed by atoms with Gasteiger partial charge in [0, 0.05) is 18.0 Å². The molecule has 1 rings (SSSR count). The molecule has 0 unspecified atom stereocenters. The van der Waals surface area contributed by atoms with Gasteiger partial charge in [-0.15, -0.1) is 0 Å². The van der Waals surface area contributed by atoms with E-state index in [-0.39, 0.29) is 19.8 Å². The summed E-state index contributed by atoms with van der Waals surface area (Å²) in [7, 11) is 0. The van der Waals surface area contributed by atoms with Crippen LogP contribution in [0.3, 0.4) is 0 Å². The minimum atomic E-state index is -1.15. The number of aliphatic hydroxyl groups is 3. The molecule has 6 nitrogen and oxygen atoms in total. The molecular formula is C9H15N3O3. The van der Waals surface area contributed by atoms with E-state index in [2.05, 4.69) is 10.3 Å². The first-order valence-corrected chi connectivity index (χ1v) is 4.48. The zero-order valence-corrected chi connectivity index (χ0v) is 8.22. The van der Waals surface area contributed by atoms with Gasteiger partial charge in [-0.2, -0.15) is 0 Å². The van der Waals surface area contributed by atoms with E-state index in [0.717, 1.165) is 0 Å². The van der Waals surface area contributed by atoms with Crippen molar-refractivity contribution in [1.82, 2.24) is 4.98 Å². The van der Waals surface area contributed by atoms with Crippen molar-refractivity contribution in [3.63, 3.8) is 0 Å². The van der Waals surface area contributed by atoms with E-state index in [1.165, 1.54) is 6.20 Å². The van der Waals surface area contributed by atoms with E-state index in [1.54, 1.807) is 12.1 Å². The van der Waals surface area contributed by atoms with Gasteiger partial charge >= 0.3 is 0 Å². The monoisotopic (exact) mass is 213 g/mol. The van der Waals surface area contributed by atoms with Gasteiger partial charge in [0.15, 0.2) is 0 Å². The number of nitrogen functional groups attached to an aromatic ring is 1. The number of hydrogen-bond acceptors (Lipinski definition) is 6. The molecule has 0 fully saturated rings. The van der Waals surface area contributed by atoms with E-state index < -0.39 is 5.54 Å². The minimum Gasteiger partial charge on any atom is -0.394 e. The average molecular weight is 213 g/mol. The number of aromatic nitrogens is 1. The van der Waals surface area contributed by atoms with Gasteiger partial charge in [-0.1, -0.05) is 0 Å². The Balaban J connectivity index is 2.82. The first-order valence-electron chi connectivity index (χ1n) is 4.48. The lowest BCUT2D eigenvalue weighted by atomic mass is 10.0. The maximum atomic E-state index is 9.08. The van der Waals surface area contributed by atoms with Gasteiger partial charge in [0.2, 0.25) is 0 Å². The number of anilines is 2. The SMILES string of the molecule is Nc1cc(NC(CO)(CO)CO)ccn1. The topological polar surface area (TPSA) is 112 Å². The largest absolute Gasteiger partial charge is 0.394 e. The standard InChI is InChI=1S/C9H15N3O3/c10-8-3-7(1-2-11-8)12-9(4-13,5-14)6-15/h1-3,13-15H,4-6H2,(H3,10,11,12). The fraction of sp³-hybridized carbons (Fsp3) is 0.444. The molecule has 0 atom stereocenters. The van der Waals surface area contributed by atoms with Crippen molar-refractivity contribution < 1.29 is 15.3 Å². The Kier molecular flexibility index (Phi) is 3.84. The highest BCUT2D eigenvalue weighted by Crippen LogP contribution is 2.15. The highest BCUT2D eigenvalue weighted by molar-refractivity contribution is 5.51. The molecule has 1 aromatic rings. The number of rotatable bonds is 5. The van der Waals surface area contributed by atoms with Gasteiger partial charge in [-0.05, 0) is 6.07 Å². The highest BCUT2D eigenvalue weighted by atomic mass is 16.3. The number of aliphatic hydroxyl groups excluding tert-OH is 3. The Morgan fingerprint density at radius 3 is 2.33 bits per heavy atom. The molecule has 1 aromatic heterocycles. The third-order valence-electron chi connectivity index (χ3n) is 2.10. The highest BCUT2D eigenvalue weighted by Gasteiger charge is 2.27. The van der Waals surface area contributed by atoms with Crippen molar-refractivity contribution >= 4 is 11.5 Å². The fourth-order valence-corrected chi connectivity index (χ4v) is 1.10. The number of nitrogens with two attached hydrogens (primary N) is 1. The third-order valence-corrected chi connectivity index (χ3v) is 2.10. The Bertz CT molecular complexity index is 307. The number of pyridine rings is 1. The first kappa shape index (κ1) is 11.7. The molecule has 15 heavy (non-hydrogen) atoms. The summed E-state index contributed by atoms with van der Waals surface area (Å²) >= 11 is 0. The Morgan fingerprint density at radius 1 is 1.27 bits per heavy atom. The van der Waals surface area contributed by atoms with Gasteiger partial charge in [0.25, 0.3) is 0 Å². The van der Waals surface area contributed by atoms with Gasteiger partial charge in [-0.3, -0.25) is 0 Å². The second-order valence-electron chi connectivity index (χ2n) is 3.35. The van der Waals surface area contributed by atoms with Crippen LogP contribution in [0.1, 0.15) is 0 Å². The van der Waals surface area contributed by atoms with Crippen molar-refractivity contribution in [2.75, 3.05) is 30.9 Å². The molecule has 0 aromatic carbocycles. The van der Waals surface area contributed by atoms with E-state index in [4.69, 9.17) is 21.1 Å². The summed E-state index contributed by atoms with van der Waals surface area (Å²) in [5, 5.41) is 30.0. The quantitative estimate of drug-likeness (QED) is 0.419. The summed E-state index contributed by atoms with van der Waals surface area (Å²) in [5.74, 6) is 0.322. The van der Waals surface area contributed by atoms with E-state index >= 15 is 0 Å². The van der Waals surface area contributed by atoms with Crippen LogP contribution in [0.5, 0.6) is 0 Å². The van der Waals surface area contributed by atoms with Crippen LogP contribution < -0.4 is 11.1 Å². The van der Waals surface area contributed by atoms with Crippen LogP contribution in [-0.4, -0.2) is 45.7 Å². The molecule has 0 saturated carbocycles. The number of nitrogens with zero attached hydrogens (tertiary/aromatic N) is 1. The lowest BCUT2D eigenvalue weighted by Gasteiger charge is -2.29. The van der Waals surface area contributed by atoms with Crippen molar-refractivity contribution in [2.24, 2.45) is 0 Å². The van der Waals surface area contributed by atoms with Crippen LogP contribution in [0.25, 0.3) is 0 Å². The normalized spacial score (nSPS) is 11.4. The molecule has 0 bridgehead atoms. The van der Waals surface area contributed by atoms with Crippen molar-refractivity contribution in [3.8, 4) is 0 Å². The molecule has 0 spiro atoms. The lowest BCUT2D eigenvalue weighted by molar-refractivity contribution is 0.0834. The van der Waals surface area contributed by atoms with Crippen molar-refractivity contribution in [1.29, 1.82) is 0 Å². The van der Waals surface area contributed by atoms with Gasteiger partial charge in [0.1, 0.15) is 11.4 Å². The van der Waals surface area contributed by atoms with Crippen LogP contribution in [0, 0.1) is 0 Å². The molecule has 0 aliphatic rings. The van der Waals surface area contributed by atoms with Gasteiger partial charge in [-0.25, -0.2) is 4.98 Å². The summed E-state index contributed by atoms with van der Waals surface area (Å²) in [4.78, 5) is 3.80. The van der Waals surface area contributed by atoms with Crippen LogP contribution in [-0.2, 0) is 0 Å². The van der Waals surface area contributed by atoms with Crippen LogP contribution >= 0.6 is 0 Å². The van der Waals surface area contributed by atoms with E-state index in [1.807, 2.05) is 0 Å². The molecule has 6 heteroatoms. The van der Waals surface area contributed by atoms with Gasteiger partial charge < -0.3 is 26.4 Å². The summed E-state index contributed by atoms with van der Waals surface area (Å²) in [6.07, 6.45) is 1.49. The molecule has 0 aliphatic heterocycles. The van der Waals surface area contributed by atoms with Crippen LogP contribution in [0.2, 0.25) is 0 Å². The number of hydrogen-bond donors (Lipinski definition) is 5. The van der Waals surface area contributed by atoms with Crippen LogP contribution in [0.4, 0.5) is 11.5 Å². The zero-order valence-electron chi connectivity index (χ0n) is 8.22. The molecule has 0 aliphatic carbocycles. The zero-order chi connectivity index (χ0) is 11.3. The predicted octanol–water partition coefficient (Wildman–Crippen LogP) is -1.21. The number of nitrogens with one attached hydrogen (secondary N) is 1. The van der Waals surface area contributed by atoms with Crippen molar-refractivity contribution in [3.05, 3.63) is 18.3 Å². The van der Waals surface area contributed by atoms with E-state index in [0.29, 0.717) is 11.5 Å². The van der Waals surface area contributed by atoms with E-state index in [9.17, 15) is 0 Å². The second-order valence-corrected chi connectivity index (χ2v) is 3.35. The first-order chi connectivity index (χ1) is 7.15. The summed E-state index contributed by atoms with van der Waals surface area (Å²) in [5.41, 5.74) is 4.90. The third kappa shape index (κ3) is 2.79. The predicted molar refractivity (Wildman–Crippen MR) is 56.3 cm³/mol. The van der Waals surface area contributed by atoms with Gasteiger partial charge in [0.05, 0.1) is 19.8 Å². The molecule has 84 valence electrons. The lowest BCUT2D eigenvalue weighted by Crippen LogP contribution is -2.49. The summed E-state index contributed by atoms with van der Waals surface area (Å²) < 4.78 is 0. The smallest absolute Gasteiger partial charge is 0.125 e. The second kappa shape index (κ2) is 4.92. The Morgan fingerprint density at radius 2 is 1.87 bits per heavy atom. The molecule has 0 saturated heterocycles. The fourth-order valence-electron chi connectivity index (χ4n) is 1.10. The summed E-state index contributed by atoms with van der Waals surface area (Å²) in [6, 6.07) is 3.18. The Labute approximate surface area is 87.4 Å². The molecule has 1 heterocycles. The molecule has 6 N–H and O–H groups in total. The van der Waals surface area contributed by atoms with Crippen molar-refractivity contribution in [2.45, 2.75) is 5.54 Å². The minimum absolute atomic E-state index is 0.322. The maximum Gasteiger partial charge on any atom is 0.125 e. The van der Waals surface area contributed by atoms with Crippen LogP contribution in [0.15, 0.2) is 18.3 Å². The molecular weight excluding hydrogens is 198 g/mol. The Hall–Kier alpha value is -1.37. The maximum absolute atomic E-state index is 9.08. The summed E-state index contributed by atoms with van der Waals surface area (Å²) in [6.45, 7) is -1.16. The molecule has 0 radical (unpaired) electrons.